The van der Waals surface area contributed by atoms with Gasteiger partial charge in [0.1, 0.15) is 25.1 Å². The molecule has 3 aromatic rings. The van der Waals surface area contributed by atoms with E-state index in [2.05, 4.69) is 15.6 Å². The molecule has 0 bridgehead atoms. The van der Waals surface area contributed by atoms with Crippen LogP contribution in [0.2, 0.25) is 0 Å². The number of nitrogens with zero attached hydrogens (tertiary/aromatic N) is 1. The number of urea groups is 1. The van der Waals surface area contributed by atoms with Crippen molar-refractivity contribution in [2.45, 2.75) is 13.2 Å². The molecule has 2 amide bonds. The fourth-order valence-electron chi connectivity index (χ4n) is 2.29. The van der Waals surface area contributed by atoms with Crippen LogP contribution in [0.25, 0.3) is 11.5 Å². The number of hydrogen-bond donors (Lipinski definition) is 2. The van der Waals surface area contributed by atoms with Crippen LogP contribution in [0.1, 0.15) is 11.3 Å². The number of carbonyl (C=O) groups is 2. The number of aromatic nitrogens is 1. The van der Waals surface area contributed by atoms with Gasteiger partial charge in [0.2, 0.25) is 5.89 Å². The van der Waals surface area contributed by atoms with Crippen LogP contribution in [0.3, 0.4) is 0 Å². The number of nitrogens with one attached hydrogen (secondary N) is 2. The van der Waals surface area contributed by atoms with Gasteiger partial charge in [0.25, 0.3) is 0 Å². The van der Waals surface area contributed by atoms with E-state index in [9.17, 15) is 9.59 Å². The van der Waals surface area contributed by atoms with E-state index in [0.717, 1.165) is 11.1 Å². The van der Waals surface area contributed by atoms with Crippen LogP contribution in [0, 0.1) is 0 Å². The Morgan fingerprint density at radius 1 is 0.963 bits per heavy atom. The summed E-state index contributed by atoms with van der Waals surface area (Å²) in [6.45, 7) is 0.120. The molecule has 0 spiro atoms. The quantitative estimate of drug-likeness (QED) is 0.628. The SMILES string of the molecule is O=C(NCC(=O)OCc1coc(-c2ccccc2)n1)NCc1ccccc1. The van der Waals surface area contributed by atoms with Crippen LogP contribution in [0.15, 0.2) is 71.3 Å². The van der Waals surface area contributed by atoms with Crippen molar-refractivity contribution in [3.8, 4) is 11.5 Å². The maximum absolute atomic E-state index is 11.7. The minimum Gasteiger partial charge on any atom is -0.458 e. The zero-order valence-electron chi connectivity index (χ0n) is 14.6. The molecule has 0 radical (unpaired) electrons. The Morgan fingerprint density at radius 2 is 1.67 bits per heavy atom. The van der Waals surface area contributed by atoms with Gasteiger partial charge in [0.05, 0.1) is 0 Å². The van der Waals surface area contributed by atoms with Gasteiger partial charge >= 0.3 is 12.0 Å². The predicted octanol–water partition coefficient (Wildman–Crippen LogP) is 2.88. The molecule has 0 unspecified atom stereocenters. The van der Waals surface area contributed by atoms with Crippen LogP contribution in [0.5, 0.6) is 0 Å². The Hall–Kier alpha value is -3.61. The summed E-state index contributed by atoms with van der Waals surface area (Å²) in [4.78, 5) is 27.7. The Labute approximate surface area is 156 Å². The molecule has 1 aromatic heterocycles. The molecule has 0 atom stereocenters. The van der Waals surface area contributed by atoms with Crippen LogP contribution in [0.4, 0.5) is 4.79 Å². The lowest BCUT2D eigenvalue weighted by Crippen LogP contribution is -2.38. The minimum atomic E-state index is -0.561. The van der Waals surface area contributed by atoms with Gasteiger partial charge in [-0.25, -0.2) is 9.78 Å². The number of hydrogen-bond acceptors (Lipinski definition) is 5. The van der Waals surface area contributed by atoms with E-state index in [1.54, 1.807) is 0 Å². The fourth-order valence-corrected chi connectivity index (χ4v) is 2.29. The normalized spacial score (nSPS) is 10.2. The lowest BCUT2D eigenvalue weighted by Gasteiger charge is -2.07. The van der Waals surface area contributed by atoms with Crippen molar-refractivity contribution in [3.05, 3.63) is 78.2 Å². The molecule has 0 saturated heterocycles. The summed E-state index contributed by atoms with van der Waals surface area (Å²) in [5.74, 6) is -0.103. The van der Waals surface area contributed by atoms with Crippen molar-refractivity contribution >= 4 is 12.0 Å². The number of oxazole rings is 1. The number of ether oxygens (including phenoxy) is 1. The van der Waals surface area contributed by atoms with E-state index in [-0.39, 0.29) is 13.2 Å². The highest BCUT2D eigenvalue weighted by molar-refractivity contribution is 5.80. The van der Waals surface area contributed by atoms with Crippen LogP contribution >= 0.6 is 0 Å². The third-order valence-electron chi connectivity index (χ3n) is 3.64. The topological polar surface area (TPSA) is 93.5 Å². The Morgan fingerprint density at radius 3 is 2.41 bits per heavy atom. The van der Waals surface area contributed by atoms with E-state index in [0.29, 0.717) is 18.1 Å². The molecule has 2 N–H and O–H groups in total. The molecule has 1 heterocycles. The van der Waals surface area contributed by atoms with Crippen LogP contribution < -0.4 is 10.6 Å². The third kappa shape index (κ3) is 5.71. The molecule has 0 saturated carbocycles. The van der Waals surface area contributed by atoms with E-state index in [1.807, 2.05) is 60.7 Å². The van der Waals surface area contributed by atoms with Crippen molar-refractivity contribution in [2.75, 3.05) is 6.54 Å². The van der Waals surface area contributed by atoms with E-state index in [1.165, 1.54) is 6.26 Å². The monoisotopic (exact) mass is 365 g/mol. The molecule has 7 nitrogen and oxygen atoms in total. The lowest BCUT2D eigenvalue weighted by atomic mass is 10.2. The molecule has 3 rings (SSSR count). The molecule has 0 aliphatic rings. The van der Waals surface area contributed by atoms with Gasteiger partial charge in [-0.05, 0) is 17.7 Å². The number of esters is 1. The molecule has 0 fully saturated rings. The van der Waals surface area contributed by atoms with Crippen LogP contribution in [-0.2, 0) is 22.7 Å². The van der Waals surface area contributed by atoms with Gasteiger partial charge in [0, 0.05) is 12.1 Å². The number of rotatable bonds is 7. The average molecular weight is 365 g/mol. The second kappa shape index (κ2) is 9.19. The molecule has 138 valence electrons. The Balaban J connectivity index is 1.37. The van der Waals surface area contributed by atoms with E-state index < -0.39 is 12.0 Å². The smallest absolute Gasteiger partial charge is 0.325 e. The first-order valence-corrected chi connectivity index (χ1v) is 8.42. The van der Waals surface area contributed by atoms with Crippen molar-refractivity contribution in [3.63, 3.8) is 0 Å². The molecule has 2 aromatic carbocycles. The standard InChI is InChI=1S/C20H19N3O4/c24-18(12-22-20(25)21-11-15-7-3-1-4-8-15)26-13-17-14-27-19(23-17)16-9-5-2-6-10-16/h1-10,14H,11-13H2,(H2,21,22,25). The highest BCUT2D eigenvalue weighted by atomic mass is 16.5. The first-order valence-electron chi connectivity index (χ1n) is 8.42. The first kappa shape index (κ1) is 18.2. The second-order valence-corrected chi connectivity index (χ2v) is 5.69. The van der Waals surface area contributed by atoms with Crippen molar-refractivity contribution < 1.29 is 18.7 Å². The van der Waals surface area contributed by atoms with Gasteiger partial charge in [-0.1, -0.05) is 48.5 Å². The fraction of sp³-hybridized carbons (Fsp3) is 0.150. The number of amides is 2. The summed E-state index contributed by atoms with van der Waals surface area (Å²) < 4.78 is 10.5. The first-order chi connectivity index (χ1) is 13.2. The number of benzene rings is 2. The van der Waals surface area contributed by atoms with Crippen molar-refractivity contribution in [2.24, 2.45) is 0 Å². The summed E-state index contributed by atoms with van der Waals surface area (Å²) in [5, 5.41) is 5.12. The van der Waals surface area contributed by atoms with E-state index in [4.69, 9.17) is 9.15 Å². The summed E-state index contributed by atoms with van der Waals surface area (Å²) >= 11 is 0. The Kier molecular flexibility index (Phi) is 6.19. The van der Waals surface area contributed by atoms with Gasteiger partial charge in [-0.3, -0.25) is 4.79 Å². The van der Waals surface area contributed by atoms with Crippen molar-refractivity contribution in [1.82, 2.24) is 15.6 Å². The Bertz CT molecular complexity index is 879. The van der Waals surface area contributed by atoms with Crippen molar-refractivity contribution in [1.29, 1.82) is 0 Å². The van der Waals surface area contributed by atoms with Gasteiger partial charge in [-0.2, -0.15) is 0 Å². The zero-order chi connectivity index (χ0) is 18.9. The second-order valence-electron chi connectivity index (χ2n) is 5.69. The van der Waals surface area contributed by atoms with Gasteiger partial charge < -0.3 is 19.8 Å². The van der Waals surface area contributed by atoms with Gasteiger partial charge in [-0.15, -0.1) is 0 Å². The molecule has 27 heavy (non-hydrogen) atoms. The summed E-state index contributed by atoms with van der Waals surface area (Å²) in [5.41, 5.74) is 2.30. The highest BCUT2D eigenvalue weighted by Gasteiger charge is 2.10. The third-order valence-corrected chi connectivity index (χ3v) is 3.64. The maximum Gasteiger partial charge on any atom is 0.325 e. The summed E-state index contributed by atoms with van der Waals surface area (Å²) in [6.07, 6.45) is 1.44. The molecule has 7 heteroatoms. The predicted molar refractivity (Wildman–Crippen MR) is 98.4 cm³/mol. The van der Waals surface area contributed by atoms with Gasteiger partial charge in [0.15, 0.2) is 0 Å². The molecular weight excluding hydrogens is 346 g/mol. The maximum atomic E-state index is 11.7. The van der Waals surface area contributed by atoms with E-state index >= 15 is 0 Å². The molecular formula is C20H19N3O4. The average Bonchev–Trinajstić information content (AvgIpc) is 3.20. The molecule has 0 aliphatic carbocycles. The minimum absolute atomic E-state index is 0.0253. The lowest BCUT2D eigenvalue weighted by molar-refractivity contribution is -0.143. The largest absolute Gasteiger partial charge is 0.458 e. The number of carbonyl (C=O) groups excluding carboxylic acids is 2. The summed E-state index contributed by atoms with van der Waals surface area (Å²) in [6, 6.07) is 18.4. The van der Waals surface area contributed by atoms with Crippen LogP contribution in [-0.4, -0.2) is 23.5 Å². The highest BCUT2D eigenvalue weighted by Crippen LogP contribution is 2.18. The molecule has 0 aliphatic heterocycles. The summed E-state index contributed by atoms with van der Waals surface area (Å²) in [7, 11) is 0. The zero-order valence-corrected chi connectivity index (χ0v) is 14.6.